The molecule has 0 atom stereocenters. The number of para-hydroxylation sites is 1. The molecule has 0 bridgehead atoms. The maximum atomic E-state index is 11.9. The van der Waals surface area contributed by atoms with Crippen molar-refractivity contribution in [2.24, 2.45) is 0 Å². The van der Waals surface area contributed by atoms with Crippen molar-refractivity contribution < 1.29 is 9.90 Å². The fourth-order valence-corrected chi connectivity index (χ4v) is 2.30. The first-order chi connectivity index (χ1) is 9.15. The van der Waals surface area contributed by atoms with E-state index in [2.05, 4.69) is 5.32 Å². The SMILES string of the molecule is O=C1Nc2ccccc2C1=Cc1ccc(O)cc1Cl. The Morgan fingerprint density at radius 3 is 2.74 bits per heavy atom. The Labute approximate surface area is 115 Å². The van der Waals surface area contributed by atoms with Gasteiger partial charge in [-0.1, -0.05) is 29.8 Å². The van der Waals surface area contributed by atoms with Gasteiger partial charge in [-0.2, -0.15) is 0 Å². The van der Waals surface area contributed by atoms with Crippen molar-refractivity contribution >= 4 is 34.8 Å². The van der Waals surface area contributed by atoms with Gasteiger partial charge in [0.2, 0.25) is 0 Å². The van der Waals surface area contributed by atoms with E-state index >= 15 is 0 Å². The number of amides is 1. The minimum Gasteiger partial charge on any atom is -0.508 e. The summed E-state index contributed by atoms with van der Waals surface area (Å²) in [5.41, 5.74) is 2.93. The van der Waals surface area contributed by atoms with Crippen LogP contribution in [0.1, 0.15) is 11.1 Å². The summed E-state index contributed by atoms with van der Waals surface area (Å²) in [6.07, 6.45) is 1.73. The number of phenols is 1. The number of rotatable bonds is 1. The van der Waals surface area contributed by atoms with Crippen molar-refractivity contribution in [3.63, 3.8) is 0 Å². The third kappa shape index (κ3) is 2.09. The van der Waals surface area contributed by atoms with Gasteiger partial charge in [0.05, 0.1) is 5.02 Å². The number of phenolic OH excluding ortho intramolecular Hbond substituents is 1. The van der Waals surface area contributed by atoms with Gasteiger partial charge in [0, 0.05) is 16.8 Å². The summed E-state index contributed by atoms with van der Waals surface area (Å²) in [6, 6.07) is 12.2. The lowest BCUT2D eigenvalue weighted by Gasteiger charge is -2.01. The van der Waals surface area contributed by atoms with Crippen LogP contribution in [0.25, 0.3) is 11.6 Å². The van der Waals surface area contributed by atoms with Gasteiger partial charge in [-0.15, -0.1) is 0 Å². The zero-order valence-electron chi connectivity index (χ0n) is 9.85. The molecule has 1 aliphatic rings. The average molecular weight is 272 g/mol. The average Bonchev–Trinajstić information content (AvgIpc) is 2.69. The van der Waals surface area contributed by atoms with Crippen molar-refractivity contribution in [3.8, 4) is 5.75 Å². The number of anilines is 1. The summed E-state index contributed by atoms with van der Waals surface area (Å²) in [4.78, 5) is 11.9. The maximum absolute atomic E-state index is 11.9. The van der Waals surface area contributed by atoms with Gasteiger partial charge >= 0.3 is 0 Å². The predicted molar refractivity (Wildman–Crippen MR) is 76.1 cm³/mol. The highest BCUT2D eigenvalue weighted by molar-refractivity contribution is 6.37. The predicted octanol–water partition coefficient (Wildman–Crippen LogP) is 3.54. The Bertz CT molecular complexity index is 707. The third-order valence-corrected chi connectivity index (χ3v) is 3.32. The Morgan fingerprint density at radius 1 is 1.16 bits per heavy atom. The number of carbonyl (C=O) groups excluding carboxylic acids is 1. The largest absolute Gasteiger partial charge is 0.508 e. The molecule has 0 radical (unpaired) electrons. The zero-order chi connectivity index (χ0) is 13.4. The van der Waals surface area contributed by atoms with Crippen molar-refractivity contribution in [2.45, 2.75) is 0 Å². The fraction of sp³-hybridized carbons (Fsp3) is 0. The van der Waals surface area contributed by atoms with E-state index in [4.69, 9.17) is 11.6 Å². The summed E-state index contributed by atoms with van der Waals surface area (Å²) >= 11 is 6.05. The molecule has 19 heavy (non-hydrogen) atoms. The third-order valence-electron chi connectivity index (χ3n) is 2.99. The van der Waals surface area contributed by atoms with E-state index in [9.17, 15) is 9.90 Å². The summed E-state index contributed by atoms with van der Waals surface area (Å²) in [5, 5.41) is 12.5. The van der Waals surface area contributed by atoms with Gasteiger partial charge in [0.15, 0.2) is 0 Å². The maximum Gasteiger partial charge on any atom is 0.256 e. The smallest absolute Gasteiger partial charge is 0.256 e. The Hall–Kier alpha value is -2.26. The number of aromatic hydroxyl groups is 1. The molecular weight excluding hydrogens is 262 g/mol. The van der Waals surface area contributed by atoms with Crippen LogP contribution in [-0.4, -0.2) is 11.0 Å². The molecule has 2 N–H and O–H groups in total. The van der Waals surface area contributed by atoms with E-state index in [-0.39, 0.29) is 11.7 Å². The van der Waals surface area contributed by atoms with E-state index in [1.807, 2.05) is 24.3 Å². The van der Waals surface area contributed by atoms with Crippen molar-refractivity contribution in [2.75, 3.05) is 5.32 Å². The Kier molecular flexibility index (Phi) is 2.76. The minimum absolute atomic E-state index is 0.100. The first kappa shape index (κ1) is 11.8. The van der Waals surface area contributed by atoms with Gasteiger partial charge in [-0.05, 0) is 35.9 Å². The van der Waals surface area contributed by atoms with Crippen LogP contribution in [0.3, 0.4) is 0 Å². The topological polar surface area (TPSA) is 49.3 Å². The normalized spacial score (nSPS) is 15.4. The molecule has 3 rings (SSSR count). The van der Waals surface area contributed by atoms with Gasteiger partial charge in [-0.25, -0.2) is 0 Å². The molecule has 0 unspecified atom stereocenters. The second kappa shape index (κ2) is 4.44. The van der Waals surface area contributed by atoms with Crippen molar-refractivity contribution in [1.29, 1.82) is 0 Å². The highest BCUT2D eigenvalue weighted by Gasteiger charge is 2.23. The van der Waals surface area contributed by atoms with E-state index < -0.39 is 0 Å². The van der Waals surface area contributed by atoms with E-state index in [0.717, 1.165) is 11.3 Å². The molecule has 0 saturated heterocycles. The van der Waals surface area contributed by atoms with Crippen LogP contribution >= 0.6 is 11.6 Å². The van der Waals surface area contributed by atoms with Crippen LogP contribution in [0.2, 0.25) is 5.02 Å². The summed E-state index contributed by atoms with van der Waals surface area (Å²) < 4.78 is 0. The van der Waals surface area contributed by atoms with Gasteiger partial charge < -0.3 is 10.4 Å². The highest BCUT2D eigenvalue weighted by atomic mass is 35.5. The van der Waals surface area contributed by atoms with E-state index in [1.54, 1.807) is 12.1 Å². The quantitative estimate of drug-likeness (QED) is 0.780. The van der Waals surface area contributed by atoms with Crippen LogP contribution < -0.4 is 5.32 Å². The van der Waals surface area contributed by atoms with Gasteiger partial charge in [0.1, 0.15) is 5.75 Å². The lowest BCUT2D eigenvalue weighted by Crippen LogP contribution is -2.03. The minimum atomic E-state index is -0.148. The van der Waals surface area contributed by atoms with Crippen LogP contribution in [-0.2, 0) is 4.79 Å². The molecule has 0 aliphatic carbocycles. The molecule has 1 heterocycles. The first-order valence-corrected chi connectivity index (χ1v) is 6.14. The fourth-order valence-electron chi connectivity index (χ4n) is 2.07. The molecule has 0 fully saturated rings. The molecule has 0 saturated carbocycles. The van der Waals surface area contributed by atoms with Crippen molar-refractivity contribution in [3.05, 3.63) is 58.6 Å². The molecule has 0 aromatic heterocycles. The monoisotopic (exact) mass is 271 g/mol. The van der Waals surface area contributed by atoms with Crippen LogP contribution in [0, 0.1) is 0 Å². The number of nitrogens with one attached hydrogen (secondary N) is 1. The molecule has 4 heteroatoms. The van der Waals surface area contributed by atoms with Crippen LogP contribution in [0.5, 0.6) is 5.75 Å². The summed E-state index contributed by atoms with van der Waals surface area (Å²) in [7, 11) is 0. The van der Waals surface area contributed by atoms with Crippen LogP contribution in [0.4, 0.5) is 5.69 Å². The second-order valence-electron chi connectivity index (χ2n) is 4.26. The molecule has 3 nitrogen and oxygen atoms in total. The Balaban J connectivity index is 2.11. The molecule has 94 valence electrons. The second-order valence-corrected chi connectivity index (χ2v) is 4.67. The van der Waals surface area contributed by atoms with E-state index in [0.29, 0.717) is 16.2 Å². The first-order valence-electron chi connectivity index (χ1n) is 5.76. The lowest BCUT2D eigenvalue weighted by atomic mass is 10.0. The van der Waals surface area contributed by atoms with Gasteiger partial charge in [-0.3, -0.25) is 4.79 Å². The number of hydrogen-bond acceptors (Lipinski definition) is 2. The standard InChI is InChI=1S/C15H10ClNO2/c16-13-8-10(18)6-5-9(13)7-12-11-3-1-2-4-14(11)17-15(12)19/h1-8,18H,(H,17,19). The number of carbonyl (C=O) groups is 1. The van der Waals surface area contributed by atoms with Crippen LogP contribution in [0.15, 0.2) is 42.5 Å². The number of fused-ring (bicyclic) bond motifs is 1. The summed E-state index contributed by atoms with van der Waals surface area (Å²) in [5.74, 6) is -0.0474. The zero-order valence-corrected chi connectivity index (χ0v) is 10.6. The van der Waals surface area contributed by atoms with Crippen molar-refractivity contribution in [1.82, 2.24) is 0 Å². The molecule has 0 spiro atoms. The number of hydrogen-bond donors (Lipinski definition) is 2. The molecular formula is C15H10ClNO2. The lowest BCUT2D eigenvalue weighted by molar-refractivity contribution is -0.110. The number of benzene rings is 2. The summed E-state index contributed by atoms with van der Waals surface area (Å²) in [6.45, 7) is 0. The van der Waals surface area contributed by atoms with E-state index in [1.165, 1.54) is 12.1 Å². The van der Waals surface area contributed by atoms with Gasteiger partial charge in [0.25, 0.3) is 5.91 Å². The Morgan fingerprint density at radius 2 is 1.95 bits per heavy atom. The molecule has 1 aliphatic heterocycles. The molecule has 2 aromatic rings. The number of halogens is 1. The molecule has 2 aromatic carbocycles. The highest BCUT2D eigenvalue weighted by Crippen LogP contribution is 2.34. The molecule has 1 amide bonds.